The first-order chi connectivity index (χ1) is 9.20. The van der Waals surface area contributed by atoms with Crippen LogP contribution in [-0.2, 0) is 9.53 Å². The maximum absolute atomic E-state index is 12.4. The normalized spacial score (nSPS) is 16.6. The maximum atomic E-state index is 12.4. The molecule has 0 aliphatic carbocycles. The van der Waals surface area contributed by atoms with Gasteiger partial charge in [0.05, 0.1) is 12.3 Å². The smallest absolute Gasteiger partial charge is 0.319 e. The largest absolute Gasteiger partial charge is 0.459 e. The zero-order valence-electron chi connectivity index (χ0n) is 12.3. The van der Waals surface area contributed by atoms with Crippen LogP contribution in [0.1, 0.15) is 39.3 Å². The minimum atomic E-state index is -1.25. The summed E-state index contributed by atoms with van der Waals surface area (Å²) in [6.45, 7) is 6.92. The molecule has 1 rings (SSSR count). The summed E-state index contributed by atoms with van der Waals surface area (Å²) in [6.07, 6.45) is 1.12. The van der Waals surface area contributed by atoms with Crippen molar-refractivity contribution < 1.29 is 14.7 Å². The lowest BCUT2D eigenvalue weighted by Gasteiger charge is -2.32. The molecule has 0 fully saturated rings. The van der Waals surface area contributed by atoms with Crippen molar-refractivity contribution in [2.24, 2.45) is 16.3 Å². The van der Waals surface area contributed by atoms with E-state index in [0.29, 0.717) is 0 Å². The third kappa shape index (κ3) is 3.81. The maximum Gasteiger partial charge on any atom is 0.319 e. The van der Waals surface area contributed by atoms with Gasteiger partial charge in [-0.15, -0.1) is 5.16 Å². The van der Waals surface area contributed by atoms with Crippen molar-refractivity contribution >= 4 is 12.2 Å². The van der Waals surface area contributed by atoms with E-state index < -0.39 is 23.0 Å². The highest BCUT2D eigenvalue weighted by molar-refractivity contribution is 5.95. The van der Waals surface area contributed by atoms with E-state index in [-0.39, 0.29) is 0 Å². The zero-order valence-corrected chi connectivity index (χ0v) is 12.3. The molecule has 5 nitrogen and oxygen atoms in total. The van der Waals surface area contributed by atoms with E-state index in [0.717, 1.165) is 11.8 Å². The molecule has 0 heterocycles. The molecule has 0 amide bonds. The Morgan fingerprint density at radius 3 is 2.30 bits per heavy atom. The highest BCUT2D eigenvalue weighted by Crippen LogP contribution is 2.33. The van der Waals surface area contributed by atoms with Gasteiger partial charge in [-0.1, -0.05) is 30.3 Å². The number of oxime groups is 1. The van der Waals surface area contributed by atoms with Crippen LogP contribution in [0.3, 0.4) is 0 Å². The van der Waals surface area contributed by atoms with Crippen LogP contribution in [0.2, 0.25) is 0 Å². The summed E-state index contributed by atoms with van der Waals surface area (Å²) in [5.41, 5.74) is 5.05. The minimum absolute atomic E-state index is 0.529. The first-order valence-corrected chi connectivity index (χ1v) is 6.43. The Bertz CT molecular complexity index is 480. The lowest BCUT2D eigenvalue weighted by Crippen LogP contribution is -2.44. The Labute approximate surface area is 119 Å². The van der Waals surface area contributed by atoms with E-state index in [9.17, 15) is 4.79 Å². The van der Waals surface area contributed by atoms with Crippen LogP contribution in [0.4, 0.5) is 0 Å². The molecule has 0 aromatic heterocycles. The number of carbonyl (C=O) groups excluding carboxylic acids is 1. The van der Waals surface area contributed by atoms with Gasteiger partial charge in [-0.3, -0.25) is 4.79 Å². The van der Waals surface area contributed by atoms with Crippen LogP contribution in [0.15, 0.2) is 35.5 Å². The third-order valence-corrected chi connectivity index (χ3v) is 2.97. The van der Waals surface area contributed by atoms with Gasteiger partial charge in [0.1, 0.15) is 11.0 Å². The molecule has 0 aliphatic heterocycles. The van der Waals surface area contributed by atoms with Crippen LogP contribution in [-0.4, -0.2) is 23.0 Å². The quantitative estimate of drug-likeness (QED) is 0.383. The Morgan fingerprint density at radius 1 is 1.30 bits per heavy atom. The van der Waals surface area contributed by atoms with Gasteiger partial charge in [0.15, 0.2) is 0 Å². The van der Waals surface area contributed by atoms with Crippen LogP contribution >= 0.6 is 0 Å². The summed E-state index contributed by atoms with van der Waals surface area (Å²) in [7, 11) is 0. The fourth-order valence-corrected chi connectivity index (χ4v) is 1.77. The first kappa shape index (κ1) is 16.2. The van der Waals surface area contributed by atoms with E-state index in [1.807, 2.05) is 30.3 Å². The number of hydrogen-bond acceptors (Lipinski definition) is 5. The van der Waals surface area contributed by atoms with Gasteiger partial charge in [0, 0.05) is 0 Å². The number of ether oxygens (including phenoxy) is 1. The number of carbonyl (C=O) groups is 1. The predicted octanol–water partition coefficient (Wildman–Crippen LogP) is 2.49. The second-order valence-corrected chi connectivity index (χ2v) is 5.92. The predicted molar refractivity (Wildman–Crippen MR) is 77.6 cm³/mol. The number of benzene rings is 1. The zero-order chi connectivity index (χ0) is 15.4. The Kier molecular flexibility index (Phi) is 4.89. The average molecular weight is 278 g/mol. The molecular formula is C15H22N2O3. The molecule has 2 atom stereocenters. The summed E-state index contributed by atoms with van der Waals surface area (Å²) in [4.78, 5) is 12.4. The van der Waals surface area contributed by atoms with Gasteiger partial charge in [-0.25, -0.2) is 0 Å². The summed E-state index contributed by atoms with van der Waals surface area (Å²) >= 11 is 0. The lowest BCUT2D eigenvalue weighted by molar-refractivity contribution is -0.163. The van der Waals surface area contributed by atoms with Crippen molar-refractivity contribution in [3.8, 4) is 0 Å². The second kappa shape index (κ2) is 6.05. The second-order valence-electron chi connectivity index (χ2n) is 5.92. The van der Waals surface area contributed by atoms with Gasteiger partial charge in [-0.2, -0.15) is 0 Å². The van der Waals surface area contributed by atoms with Crippen LogP contribution in [0.5, 0.6) is 0 Å². The molecule has 0 radical (unpaired) electrons. The van der Waals surface area contributed by atoms with E-state index in [1.54, 1.807) is 27.7 Å². The summed E-state index contributed by atoms with van der Waals surface area (Å²) in [6, 6.07) is 8.49. The van der Waals surface area contributed by atoms with E-state index in [1.165, 1.54) is 0 Å². The monoisotopic (exact) mass is 278 g/mol. The van der Waals surface area contributed by atoms with Gasteiger partial charge in [0.2, 0.25) is 0 Å². The topological polar surface area (TPSA) is 84.9 Å². The number of rotatable bonds is 4. The molecule has 3 N–H and O–H groups in total. The Hall–Kier alpha value is -1.88. The molecule has 0 saturated carbocycles. The first-order valence-electron chi connectivity index (χ1n) is 6.43. The van der Waals surface area contributed by atoms with Crippen molar-refractivity contribution in [2.75, 3.05) is 0 Å². The lowest BCUT2D eigenvalue weighted by atomic mass is 9.80. The molecule has 1 aromatic carbocycles. The fourth-order valence-electron chi connectivity index (χ4n) is 1.77. The van der Waals surface area contributed by atoms with Gasteiger partial charge < -0.3 is 15.7 Å². The van der Waals surface area contributed by atoms with Crippen LogP contribution in [0, 0.1) is 5.41 Å². The van der Waals surface area contributed by atoms with Crippen LogP contribution in [0.25, 0.3) is 0 Å². The molecule has 1 aromatic rings. The van der Waals surface area contributed by atoms with Crippen molar-refractivity contribution in [3.63, 3.8) is 0 Å². The van der Waals surface area contributed by atoms with Crippen molar-refractivity contribution in [3.05, 3.63) is 35.9 Å². The van der Waals surface area contributed by atoms with Gasteiger partial charge in [0.25, 0.3) is 0 Å². The third-order valence-electron chi connectivity index (χ3n) is 2.97. The summed E-state index contributed by atoms with van der Waals surface area (Å²) < 4.78 is 5.38. The minimum Gasteiger partial charge on any atom is -0.459 e. The van der Waals surface area contributed by atoms with E-state index >= 15 is 0 Å². The van der Waals surface area contributed by atoms with Crippen molar-refractivity contribution in [1.82, 2.24) is 0 Å². The molecular weight excluding hydrogens is 256 g/mol. The number of nitrogens with two attached hydrogens (primary N) is 1. The van der Waals surface area contributed by atoms with E-state index in [4.69, 9.17) is 15.7 Å². The Balaban J connectivity index is 3.12. The average Bonchev–Trinajstić information content (AvgIpc) is 2.37. The number of hydrogen-bond donors (Lipinski definition) is 2. The fraction of sp³-hybridized carbons (Fsp3) is 0.467. The molecule has 0 bridgehead atoms. The van der Waals surface area contributed by atoms with Crippen molar-refractivity contribution in [2.45, 2.75) is 39.3 Å². The summed E-state index contributed by atoms with van der Waals surface area (Å²) in [5.74, 6) is -0.529. The number of esters is 1. The molecule has 5 heteroatoms. The van der Waals surface area contributed by atoms with Crippen molar-refractivity contribution in [1.29, 1.82) is 0 Å². The highest BCUT2D eigenvalue weighted by atomic mass is 16.6. The molecule has 0 spiro atoms. The molecule has 0 aliphatic rings. The van der Waals surface area contributed by atoms with E-state index in [2.05, 4.69) is 5.16 Å². The molecule has 2 unspecified atom stereocenters. The standard InChI is InChI=1S/C15H22N2O3/c1-14(2,3)20-13(18)15(4,10-17-19)12(16)11-8-6-5-7-9-11/h5-10,12,19H,16H2,1-4H3. The Morgan fingerprint density at radius 2 is 1.85 bits per heavy atom. The summed E-state index contributed by atoms with van der Waals surface area (Å²) in [5, 5.41) is 11.9. The number of nitrogens with zero attached hydrogens (tertiary/aromatic N) is 1. The molecule has 110 valence electrons. The highest BCUT2D eigenvalue weighted by Gasteiger charge is 2.42. The van der Waals surface area contributed by atoms with Crippen LogP contribution < -0.4 is 5.73 Å². The molecule has 0 saturated heterocycles. The van der Waals surface area contributed by atoms with Gasteiger partial charge in [-0.05, 0) is 33.3 Å². The van der Waals surface area contributed by atoms with Gasteiger partial charge >= 0.3 is 5.97 Å². The SMILES string of the molecule is CC(C)(C)OC(=O)C(C)(C=NO)C(N)c1ccccc1. The molecule has 20 heavy (non-hydrogen) atoms.